The molecule has 1 amide bonds. The molecule has 1 aliphatic rings. The summed E-state index contributed by atoms with van der Waals surface area (Å²) in [7, 11) is 2.75. The highest BCUT2D eigenvalue weighted by Crippen LogP contribution is 2.44. The van der Waals surface area contributed by atoms with Gasteiger partial charge in [0.05, 0.1) is 31.5 Å². The SMILES string of the molecule is COC(=O)c1sc(N2C(=O)C(O)=C(C(=O)c3cc4cccc(OC)c4o3)C2c2ccc(C)cc2)nc1C. The quantitative estimate of drug-likeness (QED) is 0.277. The predicted molar refractivity (Wildman–Crippen MR) is 136 cm³/mol. The standard InChI is InChI=1S/C27H22N2O7S/c1-13-8-10-15(11-9-13)20-19(21(30)18-12-16-6-5-7-17(34-3)23(16)36-18)22(31)25(32)29(20)27-28-14(2)24(37-27)26(33)35-4/h5-12,20,31H,1-4H3. The number of para-hydroxylation sites is 1. The number of thiazole rings is 1. The van der Waals surface area contributed by atoms with Gasteiger partial charge in [0.25, 0.3) is 5.91 Å². The average Bonchev–Trinajstić information content (AvgIpc) is 3.57. The second-order valence-corrected chi connectivity index (χ2v) is 9.45. The number of aryl methyl sites for hydroxylation is 2. The first-order valence-corrected chi connectivity index (χ1v) is 12.1. The van der Waals surface area contributed by atoms with Gasteiger partial charge in [-0.1, -0.05) is 53.3 Å². The van der Waals surface area contributed by atoms with Crippen LogP contribution < -0.4 is 9.64 Å². The third-order valence-electron chi connectivity index (χ3n) is 6.16. The van der Waals surface area contributed by atoms with Crippen molar-refractivity contribution >= 4 is 45.1 Å². The zero-order valence-corrected chi connectivity index (χ0v) is 21.2. The Morgan fingerprint density at radius 3 is 2.51 bits per heavy atom. The maximum absolute atomic E-state index is 13.8. The number of hydrogen-bond donors (Lipinski definition) is 1. The van der Waals surface area contributed by atoms with Crippen LogP contribution >= 0.6 is 11.3 Å². The van der Waals surface area contributed by atoms with Crippen LogP contribution in [0, 0.1) is 13.8 Å². The summed E-state index contributed by atoms with van der Waals surface area (Å²) in [5.41, 5.74) is 2.14. The first-order valence-electron chi connectivity index (χ1n) is 11.2. The van der Waals surface area contributed by atoms with E-state index in [0.717, 1.165) is 16.9 Å². The smallest absolute Gasteiger partial charge is 0.350 e. The molecule has 0 saturated carbocycles. The van der Waals surface area contributed by atoms with Crippen molar-refractivity contribution in [1.29, 1.82) is 0 Å². The van der Waals surface area contributed by atoms with Gasteiger partial charge in [0.1, 0.15) is 4.88 Å². The number of esters is 1. The van der Waals surface area contributed by atoms with Crippen LogP contribution in [-0.4, -0.2) is 42.0 Å². The number of carbonyl (C=O) groups is 3. The minimum Gasteiger partial charge on any atom is -0.503 e. The van der Waals surface area contributed by atoms with Crippen LogP contribution in [-0.2, 0) is 9.53 Å². The van der Waals surface area contributed by atoms with Crippen LogP contribution in [0.3, 0.4) is 0 Å². The van der Waals surface area contributed by atoms with E-state index in [1.54, 1.807) is 43.3 Å². The maximum atomic E-state index is 13.8. The van der Waals surface area contributed by atoms with Crippen LogP contribution in [0.15, 0.2) is 64.3 Å². The summed E-state index contributed by atoms with van der Waals surface area (Å²) in [5.74, 6) is -2.38. The predicted octanol–water partition coefficient (Wildman–Crippen LogP) is 5.08. The Morgan fingerprint density at radius 2 is 1.84 bits per heavy atom. The van der Waals surface area contributed by atoms with E-state index >= 15 is 0 Å². The highest BCUT2D eigenvalue weighted by Gasteiger charge is 2.47. The molecule has 10 heteroatoms. The van der Waals surface area contributed by atoms with Gasteiger partial charge >= 0.3 is 5.97 Å². The summed E-state index contributed by atoms with van der Waals surface area (Å²) >= 11 is 0.946. The Balaban J connectivity index is 1.65. The number of amides is 1. The van der Waals surface area contributed by atoms with Crippen molar-refractivity contribution in [2.24, 2.45) is 0 Å². The van der Waals surface area contributed by atoms with Gasteiger partial charge in [-0.3, -0.25) is 14.5 Å². The lowest BCUT2D eigenvalue weighted by Gasteiger charge is -2.24. The van der Waals surface area contributed by atoms with Gasteiger partial charge < -0.3 is 19.0 Å². The molecular weight excluding hydrogens is 496 g/mol. The van der Waals surface area contributed by atoms with Crippen molar-refractivity contribution < 1.29 is 33.4 Å². The summed E-state index contributed by atoms with van der Waals surface area (Å²) in [5, 5.41) is 11.8. The monoisotopic (exact) mass is 518 g/mol. The van der Waals surface area contributed by atoms with E-state index in [1.807, 2.05) is 19.1 Å². The summed E-state index contributed by atoms with van der Waals surface area (Å²) in [4.78, 5) is 45.2. The number of aliphatic hydroxyl groups excluding tert-OH is 1. The topological polar surface area (TPSA) is 119 Å². The number of carbonyl (C=O) groups excluding carboxylic acids is 3. The molecule has 188 valence electrons. The fraction of sp³-hybridized carbons (Fsp3) is 0.185. The molecule has 0 fully saturated rings. The minimum absolute atomic E-state index is 0.0571. The number of ketones is 1. The highest BCUT2D eigenvalue weighted by molar-refractivity contribution is 7.17. The molecule has 0 spiro atoms. The van der Waals surface area contributed by atoms with Gasteiger partial charge in [0.2, 0.25) is 5.78 Å². The number of benzene rings is 2. The van der Waals surface area contributed by atoms with Crippen LogP contribution in [0.5, 0.6) is 5.75 Å². The molecule has 1 aliphatic heterocycles. The lowest BCUT2D eigenvalue weighted by Crippen LogP contribution is -2.31. The number of nitrogens with zero attached hydrogens (tertiary/aromatic N) is 2. The number of furan rings is 1. The molecule has 37 heavy (non-hydrogen) atoms. The Labute approximate surface area is 215 Å². The molecule has 2 aromatic heterocycles. The molecule has 0 saturated heterocycles. The van der Waals surface area contributed by atoms with E-state index in [2.05, 4.69) is 4.98 Å². The molecule has 4 aromatic rings. The fourth-order valence-corrected chi connectivity index (χ4v) is 5.32. The number of aliphatic hydroxyl groups is 1. The third kappa shape index (κ3) is 3.95. The molecule has 0 aliphatic carbocycles. The normalized spacial score (nSPS) is 15.5. The molecule has 1 N–H and O–H groups in total. The van der Waals surface area contributed by atoms with Crippen molar-refractivity contribution in [1.82, 2.24) is 4.98 Å². The lowest BCUT2D eigenvalue weighted by atomic mass is 9.94. The number of aromatic nitrogens is 1. The van der Waals surface area contributed by atoms with Crippen molar-refractivity contribution in [3.05, 3.63) is 87.3 Å². The minimum atomic E-state index is -1.01. The number of ether oxygens (including phenoxy) is 2. The lowest BCUT2D eigenvalue weighted by molar-refractivity contribution is -0.117. The van der Waals surface area contributed by atoms with Crippen LogP contribution in [0.25, 0.3) is 11.0 Å². The van der Waals surface area contributed by atoms with Crippen LogP contribution in [0.1, 0.15) is 43.1 Å². The van der Waals surface area contributed by atoms with Crippen LogP contribution in [0.2, 0.25) is 0 Å². The molecule has 9 nitrogen and oxygen atoms in total. The number of fused-ring (bicyclic) bond motifs is 1. The first-order chi connectivity index (χ1) is 17.7. The van der Waals surface area contributed by atoms with Crippen molar-refractivity contribution in [3.63, 3.8) is 0 Å². The largest absolute Gasteiger partial charge is 0.503 e. The first kappa shape index (κ1) is 24.3. The maximum Gasteiger partial charge on any atom is 0.350 e. The van der Waals surface area contributed by atoms with E-state index in [0.29, 0.717) is 28.0 Å². The average molecular weight is 519 g/mol. The molecule has 0 radical (unpaired) electrons. The van der Waals surface area contributed by atoms with Gasteiger partial charge in [-0.05, 0) is 31.5 Å². The third-order valence-corrected chi connectivity index (χ3v) is 7.30. The molecule has 1 atom stereocenters. The van der Waals surface area contributed by atoms with Crippen LogP contribution in [0.4, 0.5) is 5.13 Å². The summed E-state index contributed by atoms with van der Waals surface area (Å²) in [6, 6.07) is 13.0. The summed E-state index contributed by atoms with van der Waals surface area (Å²) < 4.78 is 16.0. The Hall–Kier alpha value is -4.44. The van der Waals surface area contributed by atoms with E-state index in [4.69, 9.17) is 13.9 Å². The van der Waals surface area contributed by atoms with E-state index in [-0.39, 0.29) is 21.3 Å². The van der Waals surface area contributed by atoms with Gasteiger partial charge in [-0.25, -0.2) is 9.78 Å². The van der Waals surface area contributed by atoms with Gasteiger partial charge in [0, 0.05) is 5.39 Å². The Bertz CT molecular complexity index is 1600. The summed E-state index contributed by atoms with van der Waals surface area (Å²) in [6.45, 7) is 3.53. The number of hydrogen-bond acceptors (Lipinski definition) is 9. The number of rotatable bonds is 6. The molecule has 3 heterocycles. The van der Waals surface area contributed by atoms with E-state index < -0.39 is 29.5 Å². The number of methoxy groups -OCH3 is 2. The number of Topliss-reactive ketones (excluding diaryl/α,β-unsaturated/α-hetero) is 1. The fourth-order valence-electron chi connectivity index (χ4n) is 4.31. The van der Waals surface area contributed by atoms with Gasteiger partial charge in [-0.2, -0.15) is 0 Å². The molecule has 0 bridgehead atoms. The molecule has 2 aromatic carbocycles. The number of anilines is 1. The zero-order valence-electron chi connectivity index (χ0n) is 20.4. The van der Waals surface area contributed by atoms with Crippen molar-refractivity contribution in [3.8, 4) is 5.75 Å². The second-order valence-electron chi connectivity index (χ2n) is 8.47. The van der Waals surface area contributed by atoms with Gasteiger partial charge in [0.15, 0.2) is 28.0 Å². The Morgan fingerprint density at radius 1 is 1.11 bits per heavy atom. The van der Waals surface area contributed by atoms with E-state index in [1.165, 1.54) is 19.1 Å². The zero-order chi connectivity index (χ0) is 26.4. The van der Waals surface area contributed by atoms with Crippen molar-refractivity contribution in [2.75, 3.05) is 19.1 Å². The highest BCUT2D eigenvalue weighted by atomic mass is 32.1. The molecule has 1 unspecified atom stereocenters. The van der Waals surface area contributed by atoms with E-state index in [9.17, 15) is 19.5 Å². The second kappa shape index (κ2) is 9.21. The molecule has 5 rings (SSSR count). The van der Waals surface area contributed by atoms with Crippen molar-refractivity contribution in [2.45, 2.75) is 19.9 Å². The summed E-state index contributed by atoms with van der Waals surface area (Å²) in [6.07, 6.45) is 0. The molecular formula is C27H22N2O7S. The van der Waals surface area contributed by atoms with Gasteiger partial charge in [-0.15, -0.1) is 0 Å². The Kier molecular flexibility index (Phi) is 6.04.